The number of aliphatic hydroxyl groups excluding tert-OH is 1. The van der Waals surface area contributed by atoms with Gasteiger partial charge in [-0.1, -0.05) is 42.5 Å². The number of carbonyl (C=O) groups excluding carboxylic acids is 1. The van der Waals surface area contributed by atoms with Gasteiger partial charge in [0.2, 0.25) is 5.91 Å². The smallest absolute Gasteiger partial charge is 0.244 e. The third kappa shape index (κ3) is 3.84. The SMILES string of the molecule is CN1CCc2cc(C(O)CNC(=O)/C=C/c3ccccc3)ccc21. The van der Waals surface area contributed by atoms with Crippen LogP contribution in [0.15, 0.2) is 54.6 Å². The quantitative estimate of drug-likeness (QED) is 0.832. The van der Waals surface area contributed by atoms with E-state index in [1.165, 1.54) is 17.3 Å². The highest BCUT2D eigenvalue weighted by Gasteiger charge is 2.17. The molecule has 3 rings (SSSR count). The standard InChI is InChI=1S/C20H22N2O2/c1-22-12-11-16-13-17(8-9-18(16)22)19(23)14-21-20(24)10-7-15-5-3-2-4-6-15/h2-10,13,19,23H,11-12,14H2,1H3,(H,21,24)/b10-7+. The van der Waals surface area contributed by atoms with Crippen molar-refractivity contribution in [3.05, 3.63) is 71.3 Å². The summed E-state index contributed by atoms with van der Waals surface area (Å²) in [6.45, 7) is 1.21. The van der Waals surface area contributed by atoms with Crippen molar-refractivity contribution in [3.63, 3.8) is 0 Å². The average molecular weight is 322 g/mol. The second-order valence-electron chi connectivity index (χ2n) is 6.06. The summed E-state index contributed by atoms with van der Waals surface area (Å²) < 4.78 is 0. The molecule has 2 N–H and O–H groups in total. The summed E-state index contributed by atoms with van der Waals surface area (Å²) in [5.74, 6) is -0.209. The first kappa shape index (κ1) is 16.3. The van der Waals surface area contributed by atoms with E-state index in [1.807, 2.05) is 48.5 Å². The number of hydrogen-bond donors (Lipinski definition) is 2. The molecule has 2 aromatic carbocycles. The summed E-state index contributed by atoms with van der Waals surface area (Å²) in [7, 11) is 2.07. The Labute approximate surface area is 142 Å². The fourth-order valence-corrected chi connectivity index (χ4v) is 2.90. The van der Waals surface area contributed by atoms with Crippen molar-refractivity contribution in [1.29, 1.82) is 0 Å². The lowest BCUT2D eigenvalue weighted by molar-refractivity contribution is -0.116. The summed E-state index contributed by atoms with van der Waals surface area (Å²) in [5.41, 5.74) is 4.29. The number of nitrogens with zero attached hydrogens (tertiary/aromatic N) is 1. The Balaban J connectivity index is 1.55. The maximum absolute atomic E-state index is 11.9. The van der Waals surface area contributed by atoms with Crippen LogP contribution in [0.2, 0.25) is 0 Å². The molecule has 124 valence electrons. The van der Waals surface area contributed by atoms with Crippen LogP contribution < -0.4 is 10.2 Å². The number of amides is 1. The normalized spacial score (nSPS) is 14.7. The number of fused-ring (bicyclic) bond motifs is 1. The van der Waals surface area contributed by atoms with Gasteiger partial charge in [0.1, 0.15) is 0 Å². The molecule has 0 aliphatic carbocycles. The molecular formula is C20H22N2O2. The Morgan fingerprint density at radius 1 is 1.29 bits per heavy atom. The maximum atomic E-state index is 11.9. The van der Waals surface area contributed by atoms with E-state index in [1.54, 1.807) is 6.08 Å². The minimum Gasteiger partial charge on any atom is -0.387 e. The number of anilines is 1. The van der Waals surface area contributed by atoms with E-state index >= 15 is 0 Å². The number of benzene rings is 2. The van der Waals surface area contributed by atoms with Crippen molar-refractivity contribution < 1.29 is 9.90 Å². The molecule has 0 aromatic heterocycles. The molecule has 0 spiro atoms. The minimum absolute atomic E-state index is 0.201. The van der Waals surface area contributed by atoms with Crippen LogP contribution in [0.3, 0.4) is 0 Å². The first-order chi connectivity index (χ1) is 11.6. The van der Waals surface area contributed by atoms with E-state index in [0.717, 1.165) is 24.1 Å². The monoisotopic (exact) mass is 322 g/mol. The highest BCUT2D eigenvalue weighted by Crippen LogP contribution is 2.29. The van der Waals surface area contributed by atoms with E-state index in [9.17, 15) is 9.90 Å². The number of carbonyl (C=O) groups is 1. The molecule has 0 saturated heterocycles. The first-order valence-electron chi connectivity index (χ1n) is 8.16. The lowest BCUT2D eigenvalue weighted by atomic mass is 10.0. The first-order valence-corrected chi connectivity index (χ1v) is 8.16. The summed E-state index contributed by atoms with van der Waals surface area (Å²) in [4.78, 5) is 14.1. The average Bonchev–Trinajstić information content (AvgIpc) is 2.99. The summed E-state index contributed by atoms with van der Waals surface area (Å²) in [5, 5.41) is 13.0. The van der Waals surface area contributed by atoms with Crippen LogP contribution in [-0.2, 0) is 11.2 Å². The Morgan fingerprint density at radius 2 is 2.08 bits per heavy atom. The van der Waals surface area contributed by atoms with Gasteiger partial charge in [0, 0.05) is 31.9 Å². The second kappa shape index (κ2) is 7.32. The van der Waals surface area contributed by atoms with E-state index < -0.39 is 6.10 Å². The molecule has 1 unspecified atom stereocenters. The molecule has 4 nitrogen and oxygen atoms in total. The van der Waals surface area contributed by atoms with Crippen molar-refractivity contribution >= 4 is 17.7 Å². The number of hydrogen-bond acceptors (Lipinski definition) is 3. The fourth-order valence-electron chi connectivity index (χ4n) is 2.90. The van der Waals surface area contributed by atoms with Gasteiger partial charge in [0.15, 0.2) is 0 Å². The van der Waals surface area contributed by atoms with Crippen molar-refractivity contribution in [2.45, 2.75) is 12.5 Å². The van der Waals surface area contributed by atoms with Crippen LogP contribution in [-0.4, -0.2) is 31.2 Å². The Kier molecular flexibility index (Phi) is 4.96. The molecule has 1 aliphatic heterocycles. The van der Waals surface area contributed by atoms with Gasteiger partial charge in [0.25, 0.3) is 0 Å². The fraction of sp³-hybridized carbons (Fsp3) is 0.250. The summed E-state index contributed by atoms with van der Waals surface area (Å²) in [6, 6.07) is 15.6. The van der Waals surface area contributed by atoms with Gasteiger partial charge in [-0.25, -0.2) is 0 Å². The van der Waals surface area contributed by atoms with E-state index in [2.05, 4.69) is 17.3 Å². The molecule has 1 heterocycles. The van der Waals surface area contributed by atoms with Gasteiger partial charge >= 0.3 is 0 Å². The molecule has 0 radical (unpaired) electrons. The van der Waals surface area contributed by atoms with E-state index in [4.69, 9.17) is 0 Å². The predicted molar refractivity (Wildman–Crippen MR) is 96.9 cm³/mol. The van der Waals surface area contributed by atoms with E-state index in [-0.39, 0.29) is 12.5 Å². The van der Waals surface area contributed by atoms with Crippen molar-refractivity contribution in [2.75, 3.05) is 25.0 Å². The van der Waals surface area contributed by atoms with Gasteiger partial charge in [-0.3, -0.25) is 4.79 Å². The van der Waals surface area contributed by atoms with Crippen molar-refractivity contribution in [1.82, 2.24) is 5.32 Å². The van der Waals surface area contributed by atoms with Gasteiger partial charge in [0.05, 0.1) is 6.10 Å². The topological polar surface area (TPSA) is 52.6 Å². The third-order valence-corrected chi connectivity index (χ3v) is 4.31. The Morgan fingerprint density at radius 3 is 2.88 bits per heavy atom. The Bertz CT molecular complexity index is 741. The van der Waals surface area contributed by atoms with Crippen LogP contribution >= 0.6 is 0 Å². The molecular weight excluding hydrogens is 300 g/mol. The summed E-state index contributed by atoms with van der Waals surface area (Å²) >= 11 is 0. The maximum Gasteiger partial charge on any atom is 0.244 e. The number of aliphatic hydroxyl groups is 1. The van der Waals surface area contributed by atoms with Gasteiger partial charge in [-0.15, -0.1) is 0 Å². The molecule has 1 aliphatic rings. The van der Waals surface area contributed by atoms with Crippen LogP contribution in [0, 0.1) is 0 Å². The predicted octanol–water partition coefficient (Wildman–Crippen LogP) is 2.54. The van der Waals surface area contributed by atoms with Gasteiger partial charge in [-0.2, -0.15) is 0 Å². The van der Waals surface area contributed by atoms with Crippen molar-refractivity contribution in [2.24, 2.45) is 0 Å². The van der Waals surface area contributed by atoms with Gasteiger partial charge in [-0.05, 0) is 35.3 Å². The highest BCUT2D eigenvalue weighted by molar-refractivity contribution is 5.91. The molecule has 0 bridgehead atoms. The molecule has 2 aromatic rings. The molecule has 4 heteroatoms. The van der Waals surface area contributed by atoms with Crippen LogP contribution in [0.4, 0.5) is 5.69 Å². The zero-order chi connectivity index (χ0) is 16.9. The summed E-state index contributed by atoms with van der Waals surface area (Å²) in [6.07, 6.45) is 3.54. The number of nitrogens with one attached hydrogen (secondary N) is 1. The molecule has 1 atom stereocenters. The van der Waals surface area contributed by atoms with Crippen molar-refractivity contribution in [3.8, 4) is 0 Å². The van der Waals surface area contributed by atoms with Crippen LogP contribution in [0.1, 0.15) is 22.8 Å². The molecule has 0 saturated carbocycles. The zero-order valence-corrected chi connectivity index (χ0v) is 13.8. The number of likely N-dealkylation sites (N-methyl/N-ethyl adjacent to an activating group) is 1. The Hall–Kier alpha value is -2.59. The van der Waals surface area contributed by atoms with Crippen LogP contribution in [0.5, 0.6) is 0 Å². The number of rotatable bonds is 5. The molecule has 1 amide bonds. The third-order valence-electron chi connectivity index (χ3n) is 4.31. The lowest BCUT2D eigenvalue weighted by Crippen LogP contribution is -2.26. The highest BCUT2D eigenvalue weighted by atomic mass is 16.3. The lowest BCUT2D eigenvalue weighted by Gasteiger charge is -2.15. The van der Waals surface area contributed by atoms with Gasteiger partial charge < -0.3 is 15.3 Å². The minimum atomic E-state index is -0.699. The largest absolute Gasteiger partial charge is 0.387 e. The van der Waals surface area contributed by atoms with Crippen LogP contribution in [0.25, 0.3) is 6.08 Å². The molecule has 0 fully saturated rings. The zero-order valence-electron chi connectivity index (χ0n) is 13.8. The second-order valence-corrected chi connectivity index (χ2v) is 6.06. The molecule has 24 heavy (non-hydrogen) atoms. The van der Waals surface area contributed by atoms with E-state index in [0.29, 0.717) is 0 Å².